The molecule has 0 fully saturated rings. The minimum atomic E-state index is 0.862. The Hall–Kier alpha value is -7.88. The summed E-state index contributed by atoms with van der Waals surface area (Å²) in [6.07, 6.45) is 0. The molecule has 0 amide bonds. The van der Waals surface area contributed by atoms with Gasteiger partial charge in [0.2, 0.25) is 0 Å². The van der Waals surface area contributed by atoms with Gasteiger partial charge in [-0.2, -0.15) is 0 Å². The van der Waals surface area contributed by atoms with Crippen LogP contribution in [0, 0.1) is 0 Å². The summed E-state index contributed by atoms with van der Waals surface area (Å²) in [5.41, 5.74) is 13.0. The molecule has 2 aromatic heterocycles. The van der Waals surface area contributed by atoms with E-state index in [0.29, 0.717) is 0 Å². The number of hydrogen-bond donors (Lipinski definition) is 0. The zero-order valence-electron chi connectivity index (χ0n) is 32.1. The Labute approximate surface area is 341 Å². The number of aromatic nitrogens is 1. The molecule has 0 atom stereocenters. The van der Waals surface area contributed by atoms with E-state index in [0.717, 1.165) is 55.8 Å². The van der Waals surface area contributed by atoms with E-state index in [9.17, 15) is 0 Å². The SMILES string of the molecule is c1ccc(N(c2ccc(-c3cc4ccccc4c4ccccc34)cc2)c2ccc(-c3cccc(-n4c5ccccc5c5ccccc54)c3)c3oc4ccccc4c23)cc1. The number of anilines is 3. The lowest BCUT2D eigenvalue weighted by Crippen LogP contribution is -2.10. The topological polar surface area (TPSA) is 21.3 Å². The van der Waals surface area contributed by atoms with Gasteiger partial charge in [0.15, 0.2) is 0 Å². The molecule has 0 aliphatic rings. The molecule has 3 nitrogen and oxygen atoms in total. The van der Waals surface area contributed by atoms with Crippen molar-refractivity contribution in [2.75, 3.05) is 4.90 Å². The maximum Gasteiger partial charge on any atom is 0.145 e. The maximum atomic E-state index is 6.89. The molecule has 0 unspecified atom stereocenters. The van der Waals surface area contributed by atoms with Crippen molar-refractivity contribution in [3.63, 3.8) is 0 Å². The molecule has 3 heteroatoms. The molecule has 12 aromatic rings. The Morgan fingerprint density at radius 3 is 1.75 bits per heavy atom. The van der Waals surface area contributed by atoms with Crippen LogP contribution in [0.2, 0.25) is 0 Å². The van der Waals surface area contributed by atoms with E-state index >= 15 is 0 Å². The van der Waals surface area contributed by atoms with Crippen molar-refractivity contribution in [2.24, 2.45) is 0 Å². The predicted molar refractivity (Wildman–Crippen MR) is 249 cm³/mol. The van der Waals surface area contributed by atoms with Crippen LogP contribution in [0.4, 0.5) is 17.1 Å². The Morgan fingerprint density at radius 1 is 0.373 bits per heavy atom. The van der Waals surface area contributed by atoms with Gasteiger partial charge in [0.05, 0.1) is 22.1 Å². The summed E-state index contributed by atoms with van der Waals surface area (Å²) < 4.78 is 9.27. The Morgan fingerprint density at radius 2 is 0.983 bits per heavy atom. The van der Waals surface area contributed by atoms with E-state index in [-0.39, 0.29) is 0 Å². The van der Waals surface area contributed by atoms with Crippen molar-refractivity contribution in [3.05, 3.63) is 218 Å². The normalized spacial score (nSPS) is 11.7. The number of fused-ring (bicyclic) bond motifs is 9. The van der Waals surface area contributed by atoms with Gasteiger partial charge in [-0.25, -0.2) is 0 Å². The highest BCUT2D eigenvalue weighted by Crippen LogP contribution is 2.47. The van der Waals surface area contributed by atoms with Crippen LogP contribution < -0.4 is 4.90 Å². The Kier molecular flexibility index (Phi) is 7.54. The lowest BCUT2D eigenvalue weighted by molar-refractivity contribution is 0.670. The molecule has 0 spiro atoms. The number of benzene rings is 10. The van der Waals surface area contributed by atoms with E-state index in [4.69, 9.17) is 4.42 Å². The largest absolute Gasteiger partial charge is 0.455 e. The van der Waals surface area contributed by atoms with Crippen LogP contribution >= 0.6 is 0 Å². The molecule has 0 N–H and O–H groups in total. The van der Waals surface area contributed by atoms with Crippen molar-refractivity contribution in [1.29, 1.82) is 0 Å². The highest BCUT2D eigenvalue weighted by atomic mass is 16.3. The van der Waals surface area contributed by atoms with E-state index in [1.165, 1.54) is 54.5 Å². The van der Waals surface area contributed by atoms with Crippen LogP contribution in [0.25, 0.3) is 93.2 Å². The fraction of sp³-hybridized carbons (Fsp3) is 0. The van der Waals surface area contributed by atoms with Crippen LogP contribution in [0.15, 0.2) is 223 Å². The minimum absolute atomic E-state index is 0.862. The van der Waals surface area contributed by atoms with E-state index in [2.05, 4.69) is 228 Å². The fourth-order valence-corrected chi connectivity index (χ4v) is 9.33. The van der Waals surface area contributed by atoms with Crippen molar-refractivity contribution in [3.8, 4) is 27.9 Å². The monoisotopic (exact) mass is 752 g/mol. The van der Waals surface area contributed by atoms with Crippen LogP contribution in [-0.2, 0) is 0 Å². The predicted octanol–water partition coefficient (Wildman–Crippen LogP) is 15.8. The van der Waals surface area contributed by atoms with Gasteiger partial charge in [0.25, 0.3) is 0 Å². The first-order chi connectivity index (χ1) is 29.3. The number of hydrogen-bond acceptors (Lipinski definition) is 2. The first-order valence-electron chi connectivity index (χ1n) is 20.2. The van der Waals surface area contributed by atoms with Gasteiger partial charge in [0.1, 0.15) is 11.2 Å². The molecule has 12 rings (SSSR count). The van der Waals surface area contributed by atoms with Gasteiger partial charge in [-0.1, -0.05) is 146 Å². The summed E-state index contributed by atoms with van der Waals surface area (Å²) in [5.74, 6) is 0. The highest BCUT2D eigenvalue weighted by Gasteiger charge is 2.23. The number of rotatable bonds is 6. The van der Waals surface area contributed by atoms with Crippen molar-refractivity contribution < 1.29 is 4.42 Å². The summed E-state index contributed by atoms with van der Waals surface area (Å²) in [4.78, 5) is 2.37. The second-order valence-electron chi connectivity index (χ2n) is 15.3. The van der Waals surface area contributed by atoms with Crippen molar-refractivity contribution >= 4 is 82.4 Å². The van der Waals surface area contributed by atoms with Crippen LogP contribution in [0.3, 0.4) is 0 Å². The minimum Gasteiger partial charge on any atom is -0.455 e. The lowest BCUT2D eigenvalue weighted by Gasteiger charge is -2.27. The summed E-state index contributed by atoms with van der Waals surface area (Å²) >= 11 is 0. The van der Waals surface area contributed by atoms with Gasteiger partial charge in [0, 0.05) is 38.8 Å². The average molecular weight is 753 g/mol. The smallest absolute Gasteiger partial charge is 0.145 e. The summed E-state index contributed by atoms with van der Waals surface area (Å²) in [6.45, 7) is 0. The van der Waals surface area contributed by atoms with Gasteiger partial charge in [-0.05, 0) is 111 Å². The second-order valence-corrected chi connectivity index (χ2v) is 15.3. The van der Waals surface area contributed by atoms with Crippen LogP contribution in [0.1, 0.15) is 0 Å². The molecular formula is C56H36N2O. The van der Waals surface area contributed by atoms with Crippen LogP contribution in [0.5, 0.6) is 0 Å². The van der Waals surface area contributed by atoms with E-state index in [1.807, 2.05) is 0 Å². The number of nitrogens with zero attached hydrogens (tertiary/aromatic N) is 2. The molecule has 0 saturated carbocycles. The Balaban J connectivity index is 1.03. The Bertz CT molecular complexity index is 3500. The van der Waals surface area contributed by atoms with E-state index < -0.39 is 0 Å². The molecule has 2 heterocycles. The summed E-state index contributed by atoms with van der Waals surface area (Å²) in [5, 5.41) is 9.69. The first kappa shape index (κ1) is 33.3. The van der Waals surface area contributed by atoms with Crippen molar-refractivity contribution in [1.82, 2.24) is 4.57 Å². The zero-order valence-corrected chi connectivity index (χ0v) is 32.1. The van der Waals surface area contributed by atoms with Crippen LogP contribution in [-0.4, -0.2) is 4.57 Å². The molecule has 0 aliphatic carbocycles. The average Bonchev–Trinajstić information content (AvgIpc) is 3.86. The molecule has 10 aromatic carbocycles. The molecule has 276 valence electrons. The molecule has 0 saturated heterocycles. The third kappa shape index (κ3) is 5.29. The fourth-order valence-electron chi connectivity index (χ4n) is 9.33. The first-order valence-corrected chi connectivity index (χ1v) is 20.2. The zero-order chi connectivity index (χ0) is 38.9. The van der Waals surface area contributed by atoms with Gasteiger partial charge in [-0.3, -0.25) is 0 Å². The number of para-hydroxylation sites is 4. The quantitative estimate of drug-likeness (QED) is 0.158. The van der Waals surface area contributed by atoms with Crippen molar-refractivity contribution in [2.45, 2.75) is 0 Å². The third-order valence-electron chi connectivity index (χ3n) is 12.0. The molecule has 0 radical (unpaired) electrons. The molecule has 0 aliphatic heterocycles. The second kappa shape index (κ2) is 13.4. The summed E-state index contributed by atoms with van der Waals surface area (Å²) in [7, 11) is 0. The molecular weight excluding hydrogens is 717 g/mol. The highest BCUT2D eigenvalue weighted by molar-refractivity contribution is 6.18. The van der Waals surface area contributed by atoms with Gasteiger partial charge >= 0.3 is 0 Å². The third-order valence-corrected chi connectivity index (χ3v) is 12.0. The van der Waals surface area contributed by atoms with E-state index in [1.54, 1.807) is 0 Å². The number of furan rings is 1. The lowest BCUT2D eigenvalue weighted by atomic mass is 9.93. The maximum absolute atomic E-state index is 6.89. The molecule has 59 heavy (non-hydrogen) atoms. The van der Waals surface area contributed by atoms with Gasteiger partial charge < -0.3 is 13.9 Å². The summed E-state index contributed by atoms with van der Waals surface area (Å²) in [6, 6.07) is 78.5. The van der Waals surface area contributed by atoms with Gasteiger partial charge in [-0.15, -0.1) is 0 Å². The standard InChI is InChI=1S/C56H36N2O/c1-2-17-40(18-3-1)57(41-31-29-37(30-32-41)50-36-39-15-4-5-20-43(39)45-21-6-7-22-46(45)50)53-34-33-44(56-55(53)49-25-10-13-28-54(49)59-56)38-16-14-19-42(35-38)58-51-26-11-8-23-47(51)48-24-9-12-27-52(48)58/h1-36H. The molecule has 0 bridgehead atoms.